The standard InChI is InChI=1S/C35H30N4O2/c1-24-22-39(35(41)32-10-6-9-31(33(24)32)27-13-11-26(21-36)12-14-27)30-17-15-29(16-18-30)37-19-20-38(25(2)23-37)34(40)28-7-4-3-5-8-28/h3-18,22,25H,19-20,23H2,1-2H3. The van der Waals surface area contributed by atoms with E-state index in [2.05, 4.69) is 30.0 Å². The highest BCUT2D eigenvalue weighted by molar-refractivity contribution is 5.98. The minimum Gasteiger partial charge on any atom is -0.368 e. The highest BCUT2D eigenvalue weighted by Gasteiger charge is 2.28. The molecule has 0 bridgehead atoms. The maximum absolute atomic E-state index is 13.7. The Balaban J connectivity index is 1.25. The number of piperazine rings is 1. The number of carbonyl (C=O) groups is 1. The summed E-state index contributed by atoms with van der Waals surface area (Å²) in [4.78, 5) is 30.9. The average Bonchev–Trinajstić information content (AvgIpc) is 3.02. The number of fused-ring (bicyclic) bond motifs is 1. The quantitative estimate of drug-likeness (QED) is 0.274. The Hall–Kier alpha value is -5.15. The van der Waals surface area contributed by atoms with E-state index < -0.39 is 0 Å². The Morgan fingerprint density at radius 1 is 0.854 bits per heavy atom. The zero-order valence-corrected chi connectivity index (χ0v) is 23.1. The summed E-state index contributed by atoms with van der Waals surface area (Å²) < 4.78 is 1.71. The monoisotopic (exact) mass is 538 g/mol. The molecule has 0 saturated carbocycles. The first-order chi connectivity index (χ1) is 19.9. The van der Waals surface area contributed by atoms with Crippen molar-refractivity contribution in [1.82, 2.24) is 9.47 Å². The van der Waals surface area contributed by atoms with E-state index in [1.807, 2.05) is 90.8 Å². The molecule has 41 heavy (non-hydrogen) atoms. The maximum atomic E-state index is 13.7. The molecule has 6 rings (SSSR count). The van der Waals surface area contributed by atoms with Crippen molar-refractivity contribution in [2.75, 3.05) is 24.5 Å². The third-order valence-corrected chi connectivity index (χ3v) is 7.96. The maximum Gasteiger partial charge on any atom is 0.262 e. The number of aromatic nitrogens is 1. The summed E-state index contributed by atoms with van der Waals surface area (Å²) in [6.07, 6.45) is 1.91. The van der Waals surface area contributed by atoms with Crippen LogP contribution in [0, 0.1) is 18.3 Å². The second-order valence-corrected chi connectivity index (χ2v) is 10.6. The van der Waals surface area contributed by atoms with Crippen molar-refractivity contribution in [1.29, 1.82) is 5.26 Å². The van der Waals surface area contributed by atoms with Gasteiger partial charge in [-0.15, -0.1) is 0 Å². The van der Waals surface area contributed by atoms with Crippen molar-refractivity contribution >= 4 is 22.4 Å². The number of carbonyl (C=O) groups excluding carboxylic acids is 1. The van der Waals surface area contributed by atoms with Gasteiger partial charge in [0.25, 0.3) is 11.5 Å². The van der Waals surface area contributed by atoms with Crippen molar-refractivity contribution in [3.63, 3.8) is 0 Å². The van der Waals surface area contributed by atoms with E-state index in [1.54, 1.807) is 16.7 Å². The number of benzene rings is 4. The van der Waals surface area contributed by atoms with E-state index in [0.29, 0.717) is 17.5 Å². The SMILES string of the molecule is Cc1cn(-c2ccc(N3CCN(C(=O)c4ccccc4)C(C)C3)cc2)c(=O)c2cccc(-c3ccc(C#N)cc3)c12. The van der Waals surface area contributed by atoms with Crippen LogP contribution in [0.1, 0.15) is 28.4 Å². The predicted molar refractivity (Wildman–Crippen MR) is 164 cm³/mol. The van der Waals surface area contributed by atoms with Gasteiger partial charge in [-0.3, -0.25) is 14.2 Å². The number of hydrogen-bond donors (Lipinski definition) is 0. The largest absolute Gasteiger partial charge is 0.368 e. The number of rotatable bonds is 4. The van der Waals surface area contributed by atoms with Gasteiger partial charge in [0.2, 0.25) is 0 Å². The molecular weight excluding hydrogens is 508 g/mol. The number of nitriles is 1. The van der Waals surface area contributed by atoms with Gasteiger partial charge in [0, 0.05) is 54.2 Å². The third kappa shape index (κ3) is 4.87. The second kappa shape index (κ2) is 10.8. The molecule has 1 amide bonds. The van der Waals surface area contributed by atoms with Gasteiger partial charge in [0.15, 0.2) is 0 Å². The molecule has 0 radical (unpaired) electrons. The molecule has 202 valence electrons. The van der Waals surface area contributed by atoms with E-state index in [9.17, 15) is 9.59 Å². The van der Waals surface area contributed by atoms with Crippen LogP contribution in [-0.2, 0) is 0 Å². The first-order valence-electron chi connectivity index (χ1n) is 13.8. The highest BCUT2D eigenvalue weighted by atomic mass is 16.2. The summed E-state index contributed by atoms with van der Waals surface area (Å²) in [7, 11) is 0. The Kier molecular flexibility index (Phi) is 6.86. The molecule has 1 aromatic heterocycles. The van der Waals surface area contributed by atoms with E-state index in [-0.39, 0.29) is 17.5 Å². The van der Waals surface area contributed by atoms with Gasteiger partial charge in [-0.25, -0.2) is 0 Å². The van der Waals surface area contributed by atoms with E-state index in [0.717, 1.165) is 52.1 Å². The smallest absolute Gasteiger partial charge is 0.262 e. The molecule has 0 aliphatic carbocycles. The number of nitrogens with zero attached hydrogens (tertiary/aromatic N) is 4. The fourth-order valence-electron chi connectivity index (χ4n) is 5.82. The van der Waals surface area contributed by atoms with Crippen LogP contribution < -0.4 is 10.5 Å². The van der Waals surface area contributed by atoms with Crippen LogP contribution in [0.3, 0.4) is 0 Å². The highest BCUT2D eigenvalue weighted by Crippen LogP contribution is 2.30. The third-order valence-electron chi connectivity index (χ3n) is 7.96. The topological polar surface area (TPSA) is 69.3 Å². The normalized spacial score (nSPS) is 15.1. The fourth-order valence-corrected chi connectivity index (χ4v) is 5.82. The van der Waals surface area contributed by atoms with Crippen LogP contribution in [-0.4, -0.2) is 41.1 Å². The Morgan fingerprint density at radius 3 is 2.24 bits per heavy atom. The zero-order valence-electron chi connectivity index (χ0n) is 23.1. The lowest BCUT2D eigenvalue weighted by atomic mass is 9.96. The minimum absolute atomic E-state index is 0.0708. The molecule has 5 aromatic rings. The van der Waals surface area contributed by atoms with Crippen molar-refractivity contribution in [2.45, 2.75) is 19.9 Å². The Bertz CT molecular complexity index is 1840. The van der Waals surface area contributed by atoms with Gasteiger partial charge in [0.1, 0.15) is 0 Å². The minimum atomic E-state index is -0.0736. The number of hydrogen-bond acceptors (Lipinski definition) is 4. The van der Waals surface area contributed by atoms with Gasteiger partial charge in [-0.1, -0.05) is 42.5 Å². The number of anilines is 1. The van der Waals surface area contributed by atoms with Crippen LogP contribution in [0.4, 0.5) is 5.69 Å². The van der Waals surface area contributed by atoms with Crippen molar-refractivity contribution in [3.8, 4) is 22.9 Å². The molecule has 4 aromatic carbocycles. The molecule has 1 saturated heterocycles. The van der Waals surface area contributed by atoms with Crippen LogP contribution in [0.5, 0.6) is 0 Å². The molecule has 1 aliphatic heterocycles. The van der Waals surface area contributed by atoms with Crippen LogP contribution >= 0.6 is 0 Å². The summed E-state index contributed by atoms with van der Waals surface area (Å²) >= 11 is 0. The van der Waals surface area contributed by atoms with Crippen LogP contribution in [0.15, 0.2) is 108 Å². The van der Waals surface area contributed by atoms with E-state index in [1.165, 1.54) is 0 Å². The Morgan fingerprint density at radius 2 is 1.56 bits per heavy atom. The van der Waals surface area contributed by atoms with Crippen LogP contribution in [0.2, 0.25) is 0 Å². The summed E-state index contributed by atoms with van der Waals surface area (Å²) in [5.74, 6) is 0.0708. The van der Waals surface area contributed by atoms with Crippen molar-refractivity contribution in [3.05, 3.63) is 130 Å². The Labute approximate surface area is 239 Å². The molecule has 1 unspecified atom stereocenters. The van der Waals surface area contributed by atoms with Crippen molar-refractivity contribution in [2.24, 2.45) is 0 Å². The molecule has 0 spiro atoms. The van der Waals surface area contributed by atoms with E-state index in [4.69, 9.17) is 5.26 Å². The number of pyridine rings is 1. The summed E-state index contributed by atoms with van der Waals surface area (Å²) in [6.45, 7) is 6.25. The summed E-state index contributed by atoms with van der Waals surface area (Å²) in [6, 6.07) is 33.0. The predicted octanol–water partition coefficient (Wildman–Crippen LogP) is 6.19. The second-order valence-electron chi connectivity index (χ2n) is 10.6. The fraction of sp³-hybridized carbons (Fsp3) is 0.171. The van der Waals surface area contributed by atoms with Gasteiger partial charge in [-0.2, -0.15) is 5.26 Å². The number of aryl methyl sites for hydroxylation is 1. The molecule has 2 heterocycles. The van der Waals surface area contributed by atoms with Gasteiger partial charge in [-0.05, 0) is 90.5 Å². The first-order valence-corrected chi connectivity index (χ1v) is 13.8. The molecule has 0 N–H and O–H groups in total. The van der Waals surface area contributed by atoms with Gasteiger partial charge < -0.3 is 9.80 Å². The summed E-state index contributed by atoms with van der Waals surface area (Å²) in [5, 5.41) is 10.7. The van der Waals surface area contributed by atoms with Crippen molar-refractivity contribution < 1.29 is 4.79 Å². The molecule has 6 heteroatoms. The molecule has 1 fully saturated rings. The molecule has 1 atom stereocenters. The molecular formula is C35H30N4O2. The lowest BCUT2D eigenvalue weighted by molar-refractivity contribution is 0.0674. The molecule has 1 aliphatic rings. The summed E-state index contributed by atoms with van der Waals surface area (Å²) in [5.41, 5.74) is 6.07. The zero-order chi connectivity index (χ0) is 28.5. The first kappa shape index (κ1) is 26.1. The molecule has 6 nitrogen and oxygen atoms in total. The van der Waals surface area contributed by atoms with E-state index >= 15 is 0 Å². The van der Waals surface area contributed by atoms with Gasteiger partial charge >= 0.3 is 0 Å². The van der Waals surface area contributed by atoms with Crippen LogP contribution in [0.25, 0.3) is 27.6 Å². The number of amides is 1. The lowest BCUT2D eigenvalue weighted by Gasteiger charge is -2.41. The average molecular weight is 539 g/mol. The van der Waals surface area contributed by atoms with Gasteiger partial charge in [0.05, 0.1) is 11.6 Å². The lowest BCUT2D eigenvalue weighted by Crippen LogP contribution is -2.54.